The summed E-state index contributed by atoms with van der Waals surface area (Å²) in [6, 6.07) is 0.441. The SMILES string of the molecule is CCC(CC)N(CCOC)C(C)(CN)C(OC)OC. The van der Waals surface area contributed by atoms with Crippen molar-refractivity contribution in [2.24, 2.45) is 5.73 Å². The average Bonchev–Trinajstić information content (AvgIpc) is 2.44. The first-order valence-corrected chi connectivity index (χ1v) is 7.06. The van der Waals surface area contributed by atoms with Gasteiger partial charge in [0.2, 0.25) is 0 Å². The molecule has 0 radical (unpaired) electrons. The van der Waals surface area contributed by atoms with Crippen LogP contribution < -0.4 is 5.73 Å². The number of nitrogens with zero attached hydrogens (tertiary/aromatic N) is 1. The molecule has 1 unspecified atom stereocenters. The summed E-state index contributed by atoms with van der Waals surface area (Å²) in [5.41, 5.74) is 5.67. The van der Waals surface area contributed by atoms with Crippen molar-refractivity contribution >= 4 is 0 Å². The second-order valence-corrected chi connectivity index (χ2v) is 5.02. The van der Waals surface area contributed by atoms with E-state index in [4.69, 9.17) is 19.9 Å². The number of hydrogen-bond acceptors (Lipinski definition) is 5. The third-order valence-electron chi connectivity index (χ3n) is 3.92. The quantitative estimate of drug-likeness (QED) is 0.579. The molecule has 0 bridgehead atoms. The lowest BCUT2D eigenvalue weighted by molar-refractivity contribution is -0.190. The monoisotopic (exact) mass is 276 g/mol. The highest BCUT2D eigenvalue weighted by atomic mass is 16.7. The molecule has 0 rings (SSSR count). The number of ether oxygens (including phenoxy) is 3. The van der Waals surface area contributed by atoms with Crippen LogP contribution in [0.1, 0.15) is 33.6 Å². The van der Waals surface area contributed by atoms with Crippen LogP contribution in [0.25, 0.3) is 0 Å². The Hall–Kier alpha value is -0.200. The normalized spacial score (nSPS) is 15.5. The van der Waals surface area contributed by atoms with Crippen LogP contribution in [0.2, 0.25) is 0 Å². The fraction of sp³-hybridized carbons (Fsp3) is 1.00. The summed E-state index contributed by atoms with van der Waals surface area (Å²) < 4.78 is 16.2. The summed E-state index contributed by atoms with van der Waals surface area (Å²) in [7, 11) is 5.03. The first kappa shape index (κ1) is 18.8. The summed E-state index contributed by atoms with van der Waals surface area (Å²) in [6.07, 6.45) is 1.78. The lowest BCUT2D eigenvalue weighted by Crippen LogP contribution is -2.63. The summed E-state index contributed by atoms with van der Waals surface area (Å²) in [5.74, 6) is 0. The van der Waals surface area contributed by atoms with Gasteiger partial charge in [-0.15, -0.1) is 0 Å². The van der Waals surface area contributed by atoms with Crippen molar-refractivity contribution in [1.82, 2.24) is 4.90 Å². The maximum absolute atomic E-state index is 6.04. The molecule has 0 heterocycles. The van der Waals surface area contributed by atoms with E-state index in [1.807, 2.05) is 0 Å². The lowest BCUT2D eigenvalue weighted by atomic mass is 9.94. The molecule has 0 aliphatic heterocycles. The summed E-state index contributed by atoms with van der Waals surface area (Å²) in [6.45, 7) is 8.45. The molecule has 0 amide bonds. The second-order valence-electron chi connectivity index (χ2n) is 5.02. The molecule has 5 heteroatoms. The van der Waals surface area contributed by atoms with Crippen LogP contribution >= 0.6 is 0 Å². The zero-order chi connectivity index (χ0) is 14.9. The van der Waals surface area contributed by atoms with Crippen molar-refractivity contribution in [2.45, 2.75) is 51.5 Å². The Labute approximate surface area is 118 Å². The number of hydrogen-bond donors (Lipinski definition) is 1. The third kappa shape index (κ3) is 4.68. The largest absolute Gasteiger partial charge is 0.383 e. The predicted molar refractivity (Wildman–Crippen MR) is 78.2 cm³/mol. The lowest BCUT2D eigenvalue weighted by Gasteiger charge is -2.47. The fourth-order valence-corrected chi connectivity index (χ4v) is 2.73. The molecule has 116 valence electrons. The van der Waals surface area contributed by atoms with Gasteiger partial charge in [0, 0.05) is 40.5 Å². The minimum atomic E-state index is -0.362. The van der Waals surface area contributed by atoms with E-state index in [2.05, 4.69) is 25.7 Å². The molecular formula is C14H32N2O3. The second kappa shape index (κ2) is 9.66. The van der Waals surface area contributed by atoms with Crippen LogP contribution in [0.3, 0.4) is 0 Å². The van der Waals surface area contributed by atoms with Crippen LogP contribution in [0.5, 0.6) is 0 Å². The third-order valence-corrected chi connectivity index (χ3v) is 3.92. The molecule has 0 aromatic carbocycles. The van der Waals surface area contributed by atoms with E-state index in [-0.39, 0.29) is 11.8 Å². The van der Waals surface area contributed by atoms with E-state index in [1.165, 1.54) is 0 Å². The highest BCUT2D eigenvalue weighted by Gasteiger charge is 2.41. The van der Waals surface area contributed by atoms with Gasteiger partial charge in [0.05, 0.1) is 12.1 Å². The molecule has 5 nitrogen and oxygen atoms in total. The van der Waals surface area contributed by atoms with Crippen molar-refractivity contribution in [3.63, 3.8) is 0 Å². The van der Waals surface area contributed by atoms with E-state index >= 15 is 0 Å². The Balaban J connectivity index is 5.23. The Morgan fingerprint density at radius 1 is 1.11 bits per heavy atom. The van der Waals surface area contributed by atoms with Crippen molar-refractivity contribution in [3.8, 4) is 0 Å². The van der Waals surface area contributed by atoms with Gasteiger partial charge in [-0.05, 0) is 19.8 Å². The smallest absolute Gasteiger partial charge is 0.176 e. The van der Waals surface area contributed by atoms with Crippen LogP contribution in [0.4, 0.5) is 0 Å². The molecule has 0 saturated carbocycles. The van der Waals surface area contributed by atoms with Crippen molar-refractivity contribution in [3.05, 3.63) is 0 Å². The zero-order valence-corrected chi connectivity index (χ0v) is 13.4. The van der Waals surface area contributed by atoms with Gasteiger partial charge in [-0.3, -0.25) is 4.90 Å². The van der Waals surface area contributed by atoms with E-state index < -0.39 is 0 Å². The van der Waals surface area contributed by atoms with E-state index in [0.717, 1.165) is 19.4 Å². The van der Waals surface area contributed by atoms with E-state index in [0.29, 0.717) is 19.2 Å². The number of nitrogens with two attached hydrogens (primary N) is 1. The Morgan fingerprint density at radius 3 is 1.95 bits per heavy atom. The Morgan fingerprint density at radius 2 is 1.63 bits per heavy atom. The minimum absolute atomic E-state index is 0.352. The summed E-state index contributed by atoms with van der Waals surface area (Å²) in [4.78, 5) is 2.37. The summed E-state index contributed by atoms with van der Waals surface area (Å²) in [5, 5.41) is 0. The molecule has 2 N–H and O–H groups in total. The van der Waals surface area contributed by atoms with Gasteiger partial charge in [-0.1, -0.05) is 13.8 Å². The standard InChI is InChI=1S/C14H32N2O3/c1-7-12(8-2)16(9-10-17-4)14(3,11-15)13(18-5)19-6/h12-13H,7-11,15H2,1-6H3. The molecule has 19 heavy (non-hydrogen) atoms. The summed E-state index contributed by atoms with van der Waals surface area (Å²) >= 11 is 0. The fourth-order valence-electron chi connectivity index (χ4n) is 2.73. The van der Waals surface area contributed by atoms with Gasteiger partial charge in [0.1, 0.15) is 0 Å². The highest BCUT2D eigenvalue weighted by Crippen LogP contribution is 2.26. The molecule has 0 spiro atoms. The number of rotatable bonds is 11. The molecule has 0 aliphatic rings. The van der Waals surface area contributed by atoms with Crippen molar-refractivity contribution in [1.29, 1.82) is 0 Å². The van der Waals surface area contributed by atoms with Gasteiger partial charge >= 0.3 is 0 Å². The molecule has 0 saturated heterocycles. The van der Waals surface area contributed by atoms with Crippen molar-refractivity contribution in [2.75, 3.05) is 41.0 Å². The topological polar surface area (TPSA) is 57.0 Å². The van der Waals surface area contributed by atoms with Crippen LogP contribution in [0, 0.1) is 0 Å². The molecule has 0 fully saturated rings. The predicted octanol–water partition coefficient (Wildman–Crippen LogP) is 1.46. The van der Waals surface area contributed by atoms with Crippen LogP contribution in [-0.2, 0) is 14.2 Å². The molecule has 0 aromatic heterocycles. The number of methoxy groups -OCH3 is 3. The Bertz CT molecular complexity index is 221. The average molecular weight is 276 g/mol. The highest BCUT2D eigenvalue weighted by molar-refractivity contribution is 4.94. The molecule has 1 atom stereocenters. The van der Waals surface area contributed by atoms with E-state index in [1.54, 1.807) is 21.3 Å². The maximum atomic E-state index is 6.04. The van der Waals surface area contributed by atoms with Gasteiger partial charge in [0.15, 0.2) is 6.29 Å². The molecule has 0 aliphatic carbocycles. The van der Waals surface area contributed by atoms with Gasteiger partial charge in [-0.25, -0.2) is 0 Å². The van der Waals surface area contributed by atoms with Gasteiger partial charge in [0.25, 0.3) is 0 Å². The maximum Gasteiger partial charge on any atom is 0.176 e. The van der Waals surface area contributed by atoms with Gasteiger partial charge < -0.3 is 19.9 Å². The van der Waals surface area contributed by atoms with Crippen LogP contribution in [0.15, 0.2) is 0 Å². The molecular weight excluding hydrogens is 244 g/mol. The zero-order valence-electron chi connectivity index (χ0n) is 13.4. The Kier molecular flexibility index (Phi) is 9.56. The van der Waals surface area contributed by atoms with Gasteiger partial charge in [-0.2, -0.15) is 0 Å². The molecule has 0 aromatic rings. The minimum Gasteiger partial charge on any atom is -0.383 e. The van der Waals surface area contributed by atoms with Crippen molar-refractivity contribution < 1.29 is 14.2 Å². The van der Waals surface area contributed by atoms with Crippen LogP contribution in [-0.4, -0.2) is 63.8 Å². The first-order chi connectivity index (χ1) is 9.05. The first-order valence-electron chi connectivity index (χ1n) is 7.06. The van der Waals surface area contributed by atoms with E-state index in [9.17, 15) is 0 Å².